The van der Waals surface area contributed by atoms with Crippen LogP contribution in [-0.2, 0) is 0 Å². The summed E-state index contributed by atoms with van der Waals surface area (Å²) < 4.78 is 0. The van der Waals surface area contributed by atoms with Gasteiger partial charge in [-0.25, -0.2) is 4.99 Å². The van der Waals surface area contributed by atoms with Gasteiger partial charge in [0.15, 0.2) is 0 Å². The normalized spacial score (nSPS) is 18.8. The van der Waals surface area contributed by atoms with E-state index in [4.69, 9.17) is 5.73 Å². The molecule has 1 aliphatic rings. The maximum absolute atomic E-state index is 5.24. The molecule has 0 aromatic rings. The van der Waals surface area contributed by atoms with Crippen molar-refractivity contribution in [2.75, 3.05) is 0 Å². The van der Waals surface area contributed by atoms with Crippen LogP contribution in [0.3, 0.4) is 0 Å². The second kappa shape index (κ2) is 4.36. The number of nitrogens with two attached hydrogens (primary N) is 1. The van der Waals surface area contributed by atoms with Crippen LogP contribution in [0.25, 0.3) is 0 Å². The van der Waals surface area contributed by atoms with Gasteiger partial charge in [-0.15, -0.1) is 12.6 Å². The minimum absolute atomic E-state index is 0.829. The fourth-order valence-corrected chi connectivity index (χ4v) is 1.67. The number of nitrogens with zero attached hydrogens (tertiary/aromatic N) is 1. The summed E-state index contributed by atoms with van der Waals surface area (Å²) in [6, 6.07) is 0. The van der Waals surface area contributed by atoms with Crippen LogP contribution in [0.2, 0.25) is 0 Å². The summed E-state index contributed by atoms with van der Waals surface area (Å²) in [6.45, 7) is 3.80. The van der Waals surface area contributed by atoms with Crippen LogP contribution < -0.4 is 5.73 Å². The first-order chi connectivity index (χ1) is 5.75. The summed E-state index contributed by atoms with van der Waals surface area (Å²) in [6.07, 6.45) is 5.78. The third kappa shape index (κ3) is 2.14. The van der Waals surface area contributed by atoms with E-state index < -0.39 is 0 Å². The fraction of sp³-hybridized carbons (Fsp3) is 0.444. The minimum atomic E-state index is 0.829. The highest BCUT2D eigenvalue weighted by Crippen LogP contribution is 2.30. The number of allylic oxidation sites excluding steroid dienone is 2. The van der Waals surface area contributed by atoms with E-state index in [0.29, 0.717) is 0 Å². The monoisotopic (exact) mass is 182 g/mol. The molecular weight excluding hydrogens is 168 g/mol. The molecule has 0 unspecified atom stereocenters. The lowest BCUT2D eigenvalue weighted by atomic mass is 9.96. The molecule has 0 saturated carbocycles. The standard InChI is InChI=1S/C9H14N2S/c1-7(12)8-4-2-3-5-9(8)11-6-10/h6,12H,1-5H2,(H2,10,11). The van der Waals surface area contributed by atoms with Crippen LogP contribution in [0.15, 0.2) is 27.7 Å². The van der Waals surface area contributed by atoms with E-state index in [0.717, 1.165) is 23.4 Å². The number of thiol groups is 1. The van der Waals surface area contributed by atoms with Gasteiger partial charge in [0, 0.05) is 10.6 Å². The Bertz CT molecular complexity index is 241. The molecule has 3 heteroatoms. The summed E-state index contributed by atoms with van der Waals surface area (Å²) in [4.78, 5) is 4.94. The summed E-state index contributed by atoms with van der Waals surface area (Å²) in [5.41, 5.74) is 7.47. The molecule has 0 spiro atoms. The first-order valence-corrected chi connectivity index (χ1v) is 4.55. The maximum atomic E-state index is 5.24. The topological polar surface area (TPSA) is 38.4 Å². The predicted octanol–water partition coefficient (Wildman–Crippen LogP) is 2.25. The lowest BCUT2D eigenvalue weighted by Crippen LogP contribution is -2.00. The van der Waals surface area contributed by atoms with Crippen LogP contribution in [-0.4, -0.2) is 6.34 Å². The van der Waals surface area contributed by atoms with Crippen molar-refractivity contribution in [1.82, 2.24) is 0 Å². The minimum Gasteiger partial charge on any atom is -0.390 e. The van der Waals surface area contributed by atoms with E-state index >= 15 is 0 Å². The van der Waals surface area contributed by atoms with E-state index in [2.05, 4.69) is 24.2 Å². The average molecular weight is 182 g/mol. The molecular formula is C9H14N2S. The highest BCUT2D eigenvalue weighted by atomic mass is 32.1. The van der Waals surface area contributed by atoms with Crippen molar-refractivity contribution >= 4 is 19.0 Å². The first kappa shape index (κ1) is 9.39. The quantitative estimate of drug-likeness (QED) is 0.384. The molecule has 0 atom stereocenters. The molecule has 0 amide bonds. The zero-order valence-electron chi connectivity index (χ0n) is 7.08. The molecule has 0 aromatic carbocycles. The third-order valence-electron chi connectivity index (χ3n) is 2.02. The van der Waals surface area contributed by atoms with E-state index in [-0.39, 0.29) is 0 Å². The van der Waals surface area contributed by atoms with Crippen molar-refractivity contribution in [3.8, 4) is 0 Å². The van der Waals surface area contributed by atoms with Gasteiger partial charge in [0.05, 0.1) is 6.34 Å². The summed E-state index contributed by atoms with van der Waals surface area (Å²) in [5, 5.41) is 0. The average Bonchev–Trinajstić information content (AvgIpc) is 2.05. The Morgan fingerprint density at radius 3 is 2.75 bits per heavy atom. The Kier molecular flexibility index (Phi) is 3.41. The molecule has 0 saturated heterocycles. The Morgan fingerprint density at radius 1 is 1.50 bits per heavy atom. The van der Waals surface area contributed by atoms with Crippen LogP contribution in [0.5, 0.6) is 0 Å². The van der Waals surface area contributed by atoms with Crippen molar-refractivity contribution in [1.29, 1.82) is 0 Å². The van der Waals surface area contributed by atoms with Crippen LogP contribution in [0.1, 0.15) is 25.7 Å². The first-order valence-electron chi connectivity index (χ1n) is 4.10. The van der Waals surface area contributed by atoms with Gasteiger partial charge in [-0.1, -0.05) is 6.58 Å². The largest absolute Gasteiger partial charge is 0.390 e. The molecule has 0 bridgehead atoms. The second-order valence-corrected chi connectivity index (χ2v) is 3.40. The van der Waals surface area contributed by atoms with E-state index in [1.807, 2.05) is 0 Å². The Labute approximate surface area is 78.7 Å². The molecule has 1 rings (SSSR count). The summed E-state index contributed by atoms with van der Waals surface area (Å²) in [7, 11) is 0. The number of aliphatic imine (C=N–C) groups is 1. The van der Waals surface area contributed by atoms with Gasteiger partial charge in [0.2, 0.25) is 0 Å². The van der Waals surface area contributed by atoms with Gasteiger partial charge < -0.3 is 5.73 Å². The number of hydrogen-bond donors (Lipinski definition) is 2. The van der Waals surface area contributed by atoms with Gasteiger partial charge >= 0.3 is 0 Å². The Balaban J connectivity index is 2.90. The predicted molar refractivity (Wildman–Crippen MR) is 56.3 cm³/mol. The molecule has 1 aliphatic carbocycles. The molecule has 66 valence electrons. The maximum Gasteiger partial charge on any atom is 0.0856 e. The van der Waals surface area contributed by atoms with Crippen LogP contribution >= 0.6 is 12.6 Å². The van der Waals surface area contributed by atoms with E-state index in [9.17, 15) is 0 Å². The zero-order chi connectivity index (χ0) is 8.97. The van der Waals surface area contributed by atoms with Gasteiger partial charge in [0.25, 0.3) is 0 Å². The van der Waals surface area contributed by atoms with Gasteiger partial charge in [0.1, 0.15) is 0 Å². The highest BCUT2D eigenvalue weighted by Gasteiger charge is 2.12. The van der Waals surface area contributed by atoms with Gasteiger partial charge in [-0.2, -0.15) is 0 Å². The molecule has 0 aromatic heterocycles. The Hall–Kier alpha value is -0.700. The second-order valence-electron chi connectivity index (χ2n) is 2.86. The highest BCUT2D eigenvalue weighted by molar-refractivity contribution is 7.84. The summed E-state index contributed by atoms with van der Waals surface area (Å²) in [5.74, 6) is 0. The molecule has 0 fully saturated rings. The third-order valence-corrected chi connectivity index (χ3v) is 2.29. The van der Waals surface area contributed by atoms with Crippen molar-refractivity contribution < 1.29 is 0 Å². The number of hydrogen-bond acceptors (Lipinski definition) is 2. The van der Waals surface area contributed by atoms with E-state index in [1.54, 1.807) is 0 Å². The van der Waals surface area contributed by atoms with Crippen molar-refractivity contribution in [3.05, 3.63) is 22.8 Å². The van der Waals surface area contributed by atoms with Crippen LogP contribution in [0, 0.1) is 0 Å². The summed E-state index contributed by atoms with van der Waals surface area (Å²) >= 11 is 4.23. The molecule has 0 heterocycles. The molecule has 2 N–H and O–H groups in total. The zero-order valence-corrected chi connectivity index (χ0v) is 7.98. The van der Waals surface area contributed by atoms with Gasteiger partial charge in [-0.3, -0.25) is 0 Å². The smallest absolute Gasteiger partial charge is 0.0856 e. The van der Waals surface area contributed by atoms with Gasteiger partial charge in [-0.05, 0) is 31.3 Å². The Morgan fingerprint density at radius 2 is 2.17 bits per heavy atom. The lowest BCUT2D eigenvalue weighted by Gasteiger charge is -2.16. The fourth-order valence-electron chi connectivity index (χ4n) is 1.43. The van der Waals surface area contributed by atoms with Crippen molar-refractivity contribution in [2.24, 2.45) is 10.7 Å². The molecule has 2 nitrogen and oxygen atoms in total. The molecule has 0 radical (unpaired) electrons. The lowest BCUT2D eigenvalue weighted by molar-refractivity contribution is 0.677. The van der Waals surface area contributed by atoms with Crippen LogP contribution in [0.4, 0.5) is 0 Å². The van der Waals surface area contributed by atoms with Crippen molar-refractivity contribution in [2.45, 2.75) is 25.7 Å². The molecule has 12 heavy (non-hydrogen) atoms. The SMILES string of the molecule is C=C(S)C1=C(N=CN)CCCC1. The number of rotatable bonds is 2. The van der Waals surface area contributed by atoms with E-state index in [1.165, 1.54) is 24.8 Å². The molecule has 0 aliphatic heterocycles. The van der Waals surface area contributed by atoms with Crippen molar-refractivity contribution in [3.63, 3.8) is 0 Å².